The lowest BCUT2D eigenvalue weighted by Crippen LogP contribution is -2.41. The van der Waals surface area contributed by atoms with E-state index in [1.54, 1.807) is 18.2 Å². The number of carbonyl (C=O) groups excluding carboxylic acids is 2. The number of methoxy groups -OCH3 is 2. The molecule has 1 aliphatic heterocycles. The van der Waals surface area contributed by atoms with Crippen LogP contribution in [0.1, 0.15) is 61.9 Å². The highest BCUT2D eigenvalue weighted by atomic mass is 16.6. The van der Waals surface area contributed by atoms with Crippen molar-refractivity contribution in [3.8, 4) is 17.6 Å². The van der Waals surface area contributed by atoms with Crippen LogP contribution in [0.3, 0.4) is 0 Å². The van der Waals surface area contributed by atoms with Crippen molar-refractivity contribution in [2.24, 2.45) is 0 Å². The van der Waals surface area contributed by atoms with E-state index in [1.165, 1.54) is 12.7 Å². The molecule has 1 fully saturated rings. The van der Waals surface area contributed by atoms with Crippen LogP contribution in [-0.4, -0.2) is 59.8 Å². The fourth-order valence-corrected chi connectivity index (χ4v) is 4.51. The highest BCUT2D eigenvalue weighted by molar-refractivity contribution is 5.73. The Morgan fingerprint density at radius 1 is 1.02 bits per heavy atom. The van der Waals surface area contributed by atoms with E-state index in [4.69, 9.17) is 14.2 Å². The van der Waals surface area contributed by atoms with Gasteiger partial charge in [0.05, 0.1) is 26.8 Å². The van der Waals surface area contributed by atoms with E-state index in [0.717, 1.165) is 24.1 Å². The van der Waals surface area contributed by atoms with Gasteiger partial charge in [-0.3, -0.25) is 4.79 Å². The molecule has 9 nitrogen and oxygen atoms in total. The van der Waals surface area contributed by atoms with Gasteiger partial charge in [-0.15, -0.1) is 0 Å². The van der Waals surface area contributed by atoms with Gasteiger partial charge in [0.2, 0.25) is 5.95 Å². The quantitative estimate of drug-likeness (QED) is 0.316. The molecule has 1 amide bonds. The Bertz CT molecular complexity index is 1430. The maximum Gasteiger partial charge on any atom is 0.410 e. The molecule has 0 radical (unpaired) electrons. The second-order valence-corrected chi connectivity index (χ2v) is 10.8. The molecular weight excluding hydrogens is 520 g/mol. The minimum absolute atomic E-state index is 0.133. The van der Waals surface area contributed by atoms with Crippen molar-refractivity contribution in [2.75, 3.05) is 32.6 Å². The summed E-state index contributed by atoms with van der Waals surface area (Å²) in [4.78, 5) is 34.9. The van der Waals surface area contributed by atoms with Gasteiger partial charge in [0.25, 0.3) is 0 Å². The normalized spacial score (nSPS) is 13.5. The number of esters is 1. The molecule has 3 aromatic rings. The van der Waals surface area contributed by atoms with E-state index >= 15 is 0 Å². The minimum atomic E-state index is -0.491. The SMILES string of the molecule is COC(=O)Cc1ccccc1C#Cc1nc(Nc2ccc(C3CCN(C(=O)OC(C)(C)C)CC3)cc2)ncc1OC. The minimum Gasteiger partial charge on any atom is -0.492 e. The third-order valence-electron chi connectivity index (χ3n) is 6.66. The number of likely N-dealkylation sites (tertiary alicyclic amines) is 1. The summed E-state index contributed by atoms with van der Waals surface area (Å²) in [5.41, 5.74) is 3.48. The number of aromatic nitrogens is 2. The average Bonchev–Trinajstić information content (AvgIpc) is 2.96. The molecule has 1 saturated heterocycles. The van der Waals surface area contributed by atoms with Crippen LogP contribution in [-0.2, 0) is 20.7 Å². The summed E-state index contributed by atoms with van der Waals surface area (Å²) in [7, 11) is 2.90. The van der Waals surface area contributed by atoms with Crippen molar-refractivity contribution in [2.45, 2.75) is 51.6 Å². The second kappa shape index (κ2) is 13.2. The molecular formula is C32H36N4O5. The summed E-state index contributed by atoms with van der Waals surface area (Å²) >= 11 is 0. The van der Waals surface area contributed by atoms with E-state index in [0.29, 0.717) is 42.0 Å². The molecule has 0 spiro atoms. The molecule has 1 aromatic heterocycles. The molecule has 9 heteroatoms. The van der Waals surface area contributed by atoms with E-state index in [-0.39, 0.29) is 18.5 Å². The number of rotatable bonds is 6. The number of hydrogen-bond acceptors (Lipinski definition) is 8. The van der Waals surface area contributed by atoms with Gasteiger partial charge in [-0.25, -0.2) is 14.8 Å². The van der Waals surface area contributed by atoms with Crippen molar-refractivity contribution < 1.29 is 23.8 Å². The summed E-state index contributed by atoms with van der Waals surface area (Å²) in [6.07, 6.45) is 3.24. The first kappa shape index (κ1) is 29.4. The number of benzene rings is 2. The van der Waals surface area contributed by atoms with Gasteiger partial charge in [0.15, 0.2) is 11.4 Å². The number of ether oxygens (including phenoxy) is 3. The molecule has 41 heavy (non-hydrogen) atoms. The van der Waals surface area contributed by atoms with E-state index in [1.807, 2.05) is 57.2 Å². The van der Waals surface area contributed by atoms with Crippen molar-refractivity contribution in [3.63, 3.8) is 0 Å². The topological polar surface area (TPSA) is 103 Å². The van der Waals surface area contributed by atoms with Crippen LogP contribution in [0.2, 0.25) is 0 Å². The molecule has 0 aliphatic carbocycles. The van der Waals surface area contributed by atoms with Crippen molar-refractivity contribution >= 4 is 23.7 Å². The highest BCUT2D eigenvalue weighted by Gasteiger charge is 2.27. The van der Waals surface area contributed by atoms with Crippen molar-refractivity contribution in [1.82, 2.24) is 14.9 Å². The van der Waals surface area contributed by atoms with Gasteiger partial charge in [0.1, 0.15) is 5.60 Å². The van der Waals surface area contributed by atoms with E-state index in [9.17, 15) is 9.59 Å². The monoisotopic (exact) mass is 556 g/mol. The zero-order chi connectivity index (χ0) is 29.4. The summed E-state index contributed by atoms with van der Waals surface area (Å²) in [5, 5.41) is 3.24. The van der Waals surface area contributed by atoms with Crippen LogP contribution in [0.4, 0.5) is 16.4 Å². The summed E-state index contributed by atoms with van der Waals surface area (Å²) < 4.78 is 15.7. The van der Waals surface area contributed by atoms with E-state index < -0.39 is 5.60 Å². The van der Waals surface area contributed by atoms with Gasteiger partial charge in [-0.1, -0.05) is 36.3 Å². The molecule has 1 N–H and O–H groups in total. The second-order valence-electron chi connectivity index (χ2n) is 10.8. The van der Waals surface area contributed by atoms with Crippen LogP contribution in [0.15, 0.2) is 54.7 Å². The Kier molecular flexibility index (Phi) is 9.45. The van der Waals surface area contributed by atoms with Gasteiger partial charge < -0.3 is 24.4 Å². The first-order chi connectivity index (χ1) is 19.6. The molecule has 0 saturated carbocycles. The van der Waals surface area contributed by atoms with Gasteiger partial charge in [-0.2, -0.15) is 0 Å². The molecule has 1 aliphatic rings. The van der Waals surface area contributed by atoms with Crippen molar-refractivity contribution in [3.05, 3.63) is 77.1 Å². The number of nitrogens with zero attached hydrogens (tertiary/aromatic N) is 3. The number of hydrogen-bond donors (Lipinski definition) is 1. The number of carbonyl (C=O) groups is 2. The van der Waals surface area contributed by atoms with Crippen LogP contribution in [0, 0.1) is 11.8 Å². The molecule has 0 atom stereocenters. The lowest BCUT2D eigenvalue weighted by Gasteiger charge is -2.33. The molecule has 0 unspecified atom stereocenters. The number of anilines is 2. The fourth-order valence-electron chi connectivity index (χ4n) is 4.51. The van der Waals surface area contributed by atoms with Crippen LogP contribution < -0.4 is 10.1 Å². The third kappa shape index (κ3) is 8.21. The molecule has 214 valence electrons. The number of amides is 1. The smallest absolute Gasteiger partial charge is 0.410 e. The zero-order valence-corrected chi connectivity index (χ0v) is 24.2. The first-order valence-corrected chi connectivity index (χ1v) is 13.6. The first-order valence-electron chi connectivity index (χ1n) is 13.6. The Morgan fingerprint density at radius 2 is 1.73 bits per heavy atom. The standard InChI is InChI=1S/C32H36N4O5/c1-32(2,3)41-31(38)36-18-16-24(17-19-36)23-10-13-26(14-11-23)34-30-33-21-28(39-4)27(35-30)15-12-22-8-6-7-9-25(22)20-29(37)40-5/h6-11,13-14,21,24H,16-20H2,1-5H3,(H,33,34,35). The van der Waals surface area contributed by atoms with Crippen LogP contribution in [0.5, 0.6) is 5.75 Å². The molecule has 2 heterocycles. The summed E-state index contributed by atoms with van der Waals surface area (Å²) in [6, 6.07) is 15.6. The predicted octanol–water partition coefficient (Wildman–Crippen LogP) is 5.46. The van der Waals surface area contributed by atoms with E-state index in [2.05, 4.69) is 39.3 Å². The maximum atomic E-state index is 12.4. The Balaban J connectivity index is 1.42. The van der Waals surface area contributed by atoms with Gasteiger partial charge >= 0.3 is 12.1 Å². The molecule has 0 bridgehead atoms. The summed E-state index contributed by atoms with van der Waals surface area (Å²) in [6.45, 7) is 7.00. The largest absolute Gasteiger partial charge is 0.492 e. The summed E-state index contributed by atoms with van der Waals surface area (Å²) in [5.74, 6) is 7.04. The zero-order valence-electron chi connectivity index (χ0n) is 24.2. The fraction of sp³-hybridized carbons (Fsp3) is 0.375. The van der Waals surface area contributed by atoms with Crippen LogP contribution in [0.25, 0.3) is 0 Å². The Hall–Kier alpha value is -4.58. The lowest BCUT2D eigenvalue weighted by molar-refractivity contribution is -0.139. The molecule has 4 rings (SSSR count). The predicted molar refractivity (Wildman–Crippen MR) is 156 cm³/mol. The number of nitrogens with one attached hydrogen (secondary N) is 1. The Morgan fingerprint density at radius 3 is 2.39 bits per heavy atom. The van der Waals surface area contributed by atoms with Crippen LogP contribution >= 0.6 is 0 Å². The number of piperidine rings is 1. The van der Waals surface area contributed by atoms with Crippen molar-refractivity contribution in [1.29, 1.82) is 0 Å². The maximum absolute atomic E-state index is 12.4. The highest BCUT2D eigenvalue weighted by Crippen LogP contribution is 2.30. The Labute approximate surface area is 241 Å². The third-order valence-corrected chi connectivity index (χ3v) is 6.66. The van der Waals surface area contributed by atoms with Gasteiger partial charge in [0, 0.05) is 24.3 Å². The van der Waals surface area contributed by atoms with Gasteiger partial charge in [-0.05, 0) is 74.8 Å². The average molecular weight is 557 g/mol. The molecule has 2 aromatic carbocycles. The lowest BCUT2D eigenvalue weighted by atomic mass is 9.89.